The van der Waals surface area contributed by atoms with Crippen LogP contribution in [0.2, 0.25) is 0 Å². The van der Waals surface area contributed by atoms with Gasteiger partial charge in [0.1, 0.15) is 6.33 Å². The van der Waals surface area contributed by atoms with Gasteiger partial charge in [-0.15, -0.1) is 0 Å². The molecule has 0 saturated carbocycles. The van der Waals surface area contributed by atoms with Gasteiger partial charge in [0.15, 0.2) is 0 Å². The topological polar surface area (TPSA) is 46.1 Å². The maximum absolute atomic E-state index is 12.1. The minimum atomic E-state index is -0.116. The predicted molar refractivity (Wildman–Crippen MR) is 73.9 cm³/mol. The number of aromatic nitrogens is 2. The van der Waals surface area contributed by atoms with E-state index < -0.39 is 0 Å². The standard InChI is InChI=1S/C12H10IN3O/c1-16(11-5-3-2-4-10(11)13)12(17)9-6-14-8-15-7-9/h2-8H,1H3. The molecule has 2 aromatic rings. The first-order valence-electron chi connectivity index (χ1n) is 4.98. The monoisotopic (exact) mass is 339 g/mol. The number of anilines is 1. The first-order valence-corrected chi connectivity index (χ1v) is 6.05. The Bertz CT molecular complexity index is 530. The third kappa shape index (κ3) is 2.60. The van der Waals surface area contributed by atoms with Crippen molar-refractivity contribution in [2.75, 3.05) is 11.9 Å². The third-order valence-electron chi connectivity index (χ3n) is 2.33. The van der Waals surface area contributed by atoms with Gasteiger partial charge in [-0.2, -0.15) is 0 Å². The molecule has 1 aromatic heterocycles. The molecule has 0 unspecified atom stereocenters. The highest BCUT2D eigenvalue weighted by Gasteiger charge is 2.15. The van der Waals surface area contributed by atoms with Crippen molar-refractivity contribution in [2.24, 2.45) is 0 Å². The Balaban J connectivity index is 2.30. The zero-order valence-electron chi connectivity index (χ0n) is 9.17. The van der Waals surface area contributed by atoms with Crippen molar-refractivity contribution >= 4 is 34.2 Å². The molecule has 0 fully saturated rings. The second kappa shape index (κ2) is 5.22. The summed E-state index contributed by atoms with van der Waals surface area (Å²) in [4.78, 5) is 21.4. The number of rotatable bonds is 2. The molecule has 2 rings (SSSR count). The third-order valence-corrected chi connectivity index (χ3v) is 3.24. The largest absolute Gasteiger partial charge is 0.310 e. The van der Waals surface area contributed by atoms with Crippen molar-refractivity contribution in [3.05, 3.63) is 52.1 Å². The Morgan fingerprint density at radius 2 is 1.88 bits per heavy atom. The highest BCUT2D eigenvalue weighted by molar-refractivity contribution is 14.1. The summed E-state index contributed by atoms with van der Waals surface area (Å²) in [6.07, 6.45) is 4.44. The first-order chi connectivity index (χ1) is 8.20. The fourth-order valence-electron chi connectivity index (χ4n) is 1.44. The fraction of sp³-hybridized carbons (Fsp3) is 0.0833. The molecule has 17 heavy (non-hydrogen) atoms. The second-order valence-electron chi connectivity index (χ2n) is 3.44. The quantitative estimate of drug-likeness (QED) is 0.789. The average Bonchev–Trinajstić information content (AvgIpc) is 2.39. The summed E-state index contributed by atoms with van der Waals surface area (Å²) in [5.41, 5.74) is 1.36. The number of carbonyl (C=O) groups is 1. The van der Waals surface area contributed by atoms with Crippen molar-refractivity contribution in [1.82, 2.24) is 9.97 Å². The van der Waals surface area contributed by atoms with Crippen LogP contribution in [0.15, 0.2) is 43.0 Å². The van der Waals surface area contributed by atoms with E-state index in [-0.39, 0.29) is 5.91 Å². The summed E-state index contributed by atoms with van der Waals surface area (Å²) >= 11 is 2.20. The van der Waals surface area contributed by atoms with E-state index in [1.54, 1.807) is 11.9 Å². The van der Waals surface area contributed by atoms with Crippen LogP contribution in [0.5, 0.6) is 0 Å². The second-order valence-corrected chi connectivity index (χ2v) is 4.60. The van der Waals surface area contributed by atoms with E-state index in [0.29, 0.717) is 5.56 Å². The maximum atomic E-state index is 12.1. The van der Waals surface area contributed by atoms with Crippen molar-refractivity contribution in [3.8, 4) is 0 Å². The number of halogens is 1. The number of amides is 1. The molecule has 0 aliphatic carbocycles. The molecular formula is C12H10IN3O. The number of nitrogens with zero attached hydrogens (tertiary/aromatic N) is 3. The van der Waals surface area contributed by atoms with E-state index in [0.717, 1.165) is 9.26 Å². The molecule has 0 aliphatic rings. The van der Waals surface area contributed by atoms with E-state index >= 15 is 0 Å². The lowest BCUT2D eigenvalue weighted by molar-refractivity contribution is 0.0992. The van der Waals surface area contributed by atoms with Gasteiger partial charge in [-0.25, -0.2) is 9.97 Å². The molecule has 0 atom stereocenters. The molecule has 0 N–H and O–H groups in total. The maximum Gasteiger partial charge on any atom is 0.261 e. The zero-order valence-corrected chi connectivity index (χ0v) is 11.3. The van der Waals surface area contributed by atoms with Crippen molar-refractivity contribution in [1.29, 1.82) is 0 Å². The van der Waals surface area contributed by atoms with Crippen LogP contribution in [0.25, 0.3) is 0 Å². The number of hydrogen-bond donors (Lipinski definition) is 0. The molecule has 5 heteroatoms. The summed E-state index contributed by atoms with van der Waals surface area (Å²) < 4.78 is 1.03. The van der Waals surface area contributed by atoms with Crippen LogP contribution in [0, 0.1) is 3.57 Å². The van der Waals surface area contributed by atoms with E-state index in [2.05, 4.69) is 32.6 Å². The Labute approximate surface area is 113 Å². The van der Waals surface area contributed by atoms with E-state index in [9.17, 15) is 4.79 Å². The molecule has 86 valence electrons. The van der Waals surface area contributed by atoms with Crippen molar-refractivity contribution < 1.29 is 4.79 Å². The number of hydrogen-bond acceptors (Lipinski definition) is 3. The lowest BCUT2D eigenvalue weighted by atomic mass is 10.2. The molecule has 1 heterocycles. The Morgan fingerprint density at radius 3 is 2.53 bits per heavy atom. The first kappa shape index (κ1) is 12.0. The average molecular weight is 339 g/mol. The van der Waals surface area contributed by atoms with Gasteiger partial charge in [-0.05, 0) is 34.7 Å². The molecule has 0 saturated heterocycles. The number of carbonyl (C=O) groups excluding carboxylic acids is 1. The molecule has 1 aromatic carbocycles. The van der Waals surface area contributed by atoms with Gasteiger partial charge >= 0.3 is 0 Å². The van der Waals surface area contributed by atoms with E-state index in [4.69, 9.17) is 0 Å². The molecule has 0 aliphatic heterocycles. The molecular weight excluding hydrogens is 329 g/mol. The lowest BCUT2D eigenvalue weighted by Gasteiger charge is -2.18. The zero-order chi connectivity index (χ0) is 12.3. The van der Waals surface area contributed by atoms with Crippen LogP contribution in [-0.2, 0) is 0 Å². The van der Waals surface area contributed by atoms with Crippen LogP contribution in [0.1, 0.15) is 10.4 Å². The highest BCUT2D eigenvalue weighted by atomic mass is 127. The lowest BCUT2D eigenvalue weighted by Crippen LogP contribution is -2.27. The summed E-state index contributed by atoms with van der Waals surface area (Å²) in [5.74, 6) is -0.116. The normalized spacial score (nSPS) is 10.0. The minimum Gasteiger partial charge on any atom is -0.310 e. The molecule has 0 spiro atoms. The van der Waals surface area contributed by atoms with Gasteiger partial charge in [0.25, 0.3) is 5.91 Å². The van der Waals surface area contributed by atoms with Crippen molar-refractivity contribution in [2.45, 2.75) is 0 Å². The fourth-order valence-corrected chi connectivity index (χ4v) is 2.19. The van der Waals surface area contributed by atoms with Gasteiger partial charge in [0, 0.05) is 23.0 Å². The Morgan fingerprint density at radius 1 is 1.24 bits per heavy atom. The molecule has 0 radical (unpaired) electrons. The van der Waals surface area contributed by atoms with Gasteiger partial charge < -0.3 is 4.90 Å². The van der Waals surface area contributed by atoms with Crippen molar-refractivity contribution in [3.63, 3.8) is 0 Å². The van der Waals surface area contributed by atoms with Crippen LogP contribution in [0.3, 0.4) is 0 Å². The summed E-state index contributed by atoms with van der Waals surface area (Å²) in [7, 11) is 1.74. The van der Waals surface area contributed by atoms with E-state index in [1.165, 1.54) is 18.7 Å². The SMILES string of the molecule is CN(C(=O)c1cncnc1)c1ccccc1I. The van der Waals surface area contributed by atoms with E-state index in [1.807, 2.05) is 24.3 Å². The summed E-state index contributed by atoms with van der Waals surface area (Å²) in [6.45, 7) is 0. The molecule has 0 bridgehead atoms. The summed E-state index contributed by atoms with van der Waals surface area (Å²) in [6, 6.07) is 7.71. The minimum absolute atomic E-state index is 0.116. The smallest absolute Gasteiger partial charge is 0.261 e. The number of benzene rings is 1. The predicted octanol–water partition coefficient (Wildman–Crippen LogP) is 2.36. The molecule has 4 nitrogen and oxygen atoms in total. The number of para-hydroxylation sites is 1. The van der Waals surface area contributed by atoms with Crippen LogP contribution < -0.4 is 4.90 Å². The Kier molecular flexibility index (Phi) is 3.68. The van der Waals surface area contributed by atoms with Crippen LogP contribution >= 0.6 is 22.6 Å². The van der Waals surface area contributed by atoms with Gasteiger partial charge in [0.2, 0.25) is 0 Å². The van der Waals surface area contributed by atoms with Crippen LogP contribution in [-0.4, -0.2) is 22.9 Å². The summed E-state index contributed by atoms with van der Waals surface area (Å²) in [5, 5.41) is 0. The van der Waals surface area contributed by atoms with Crippen LogP contribution in [0.4, 0.5) is 5.69 Å². The van der Waals surface area contributed by atoms with Gasteiger partial charge in [0.05, 0.1) is 11.3 Å². The Hall–Kier alpha value is -1.50. The van der Waals surface area contributed by atoms with Gasteiger partial charge in [-0.1, -0.05) is 12.1 Å². The van der Waals surface area contributed by atoms with Gasteiger partial charge in [-0.3, -0.25) is 4.79 Å². The molecule has 1 amide bonds. The highest BCUT2D eigenvalue weighted by Crippen LogP contribution is 2.22.